The molecule has 0 bridgehead atoms. The van der Waals surface area contributed by atoms with Gasteiger partial charge in [-0.2, -0.15) is 0 Å². The van der Waals surface area contributed by atoms with Crippen LogP contribution < -0.4 is 5.32 Å². The van der Waals surface area contributed by atoms with Crippen LogP contribution in [0.1, 0.15) is 52.4 Å². The fourth-order valence-electron chi connectivity index (χ4n) is 2.78. The predicted octanol–water partition coefficient (Wildman–Crippen LogP) is 1.54. The Kier molecular flexibility index (Phi) is 5.79. The molecule has 0 radical (unpaired) electrons. The minimum absolute atomic E-state index is 0.115. The summed E-state index contributed by atoms with van der Waals surface area (Å²) in [6, 6.07) is 0. The molecule has 2 unspecified atom stereocenters. The Morgan fingerprint density at radius 2 is 1.68 bits per heavy atom. The third-order valence-corrected chi connectivity index (χ3v) is 4.46. The first-order chi connectivity index (χ1) is 8.99. The molecule has 1 aliphatic carbocycles. The summed E-state index contributed by atoms with van der Waals surface area (Å²) in [7, 11) is 0. The Bertz CT molecular complexity index is 317. The molecular formula is C14H25NO4. The SMILES string of the molecule is CCC(CC)(CO)NC(=O)C1CCCCC1C(=O)O. The van der Waals surface area contributed by atoms with Crippen molar-refractivity contribution in [3.8, 4) is 0 Å². The van der Waals surface area contributed by atoms with Gasteiger partial charge in [-0.25, -0.2) is 0 Å². The molecule has 3 N–H and O–H groups in total. The quantitative estimate of drug-likeness (QED) is 0.684. The summed E-state index contributed by atoms with van der Waals surface area (Å²) in [5, 5.41) is 21.5. The molecule has 0 aliphatic heterocycles. The van der Waals surface area contributed by atoms with Gasteiger partial charge in [0.15, 0.2) is 0 Å². The lowest BCUT2D eigenvalue weighted by Crippen LogP contribution is -2.54. The Balaban J connectivity index is 2.77. The molecule has 110 valence electrons. The van der Waals surface area contributed by atoms with Crippen molar-refractivity contribution >= 4 is 11.9 Å². The maximum atomic E-state index is 12.3. The third-order valence-electron chi connectivity index (χ3n) is 4.46. The van der Waals surface area contributed by atoms with Crippen molar-refractivity contribution in [1.82, 2.24) is 5.32 Å². The van der Waals surface area contributed by atoms with Crippen LogP contribution in [-0.2, 0) is 9.59 Å². The van der Waals surface area contributed by atoms with Gasteiger partial charge < -0.3 is 15.5 Å². The number of carboxylic acid groups (broad SMARTS) is 1. The number of carbonyl (C=O) groups is 2. The highest BCUT2D eigenvalue weighted by atomic mass is 16.4. The second kappa shape index (κ2) is 6.89. The van der Waals surface area contributed by atoms with Crippen molar-refractivity contribution < 1.29 is 19.8 Å². The number of nitrogens with one attached hydrogen (secondary N) is 1. The van der Waals surface area contributed by atoms with E-state index in [9.17, 15) is 19.8 Å². The van der Waals surface area contributed by atoms with Crippen LogP contribution in [0.15, 0.2) is 0 Å². The fraction of sp³-hybridized carbons (Fsp3) is 0.857. The second-order valence-corrected chi connectivity index (χ2v) is 5.47. The highest BCUT2D eigenvalue weighted by Crippen LogP contribution is 2.31. The molecule has 5 heteroatoms. The standard InChI is InChI=1S/C14H25NO4/c1-3-14(4-2,9-16)15-12(17)10-7-5-6-8-11(10)13(18)19/h10-11,16H,3-9H2,1-2H3,(H,15,17)(H,18,19). The van der Waals surface area contributed by atoms with Crippen molar-refractivity contribution in [3.05, 3.63) is 0 Å². The van der Waals surface area contributed by atoms with Crippen LogP contribution in [0.5, 0.6) is 0 Å². The minimum atomic E-state index is -0.887. The van der Waals surface area contributed by atoms with Crippen LogP contribution in [-0.4, -0.2) is 34.2 Å². The molecule has 19 heavy (non-hydrogen) atoms. The molecule has 1 amide bonds. The number of hydrogen-bond donors (Lipinski definition) is 3. The van der Waals surface area contributed by atoms with Crippen molar-refractivity contribution in [3.63, 3.8) is 0 Å². The number of hydrogen-bond acceptors (Lipinski definition) is 3. The van der Waals surface area contributed by atoms with E-state index in [1.165, 1.54) is 0 Å². The molecule has 1 fully saturated rings. The maximum Gasteiger partial charge on any atom is 0.307 e. The highest BCUT2D eigenvalue weighted by Gasteiger charge is 2.38. The number of carboxylic acids is 1. The van der Waals surface area contributed by atoms with E-state index in [-0.39, 0.29) is 12.5 Å². The molecule has 1 rings (SSSR count). The van der Waals surface area contributed by atoms with Gasteiger partial charge in [0.25, 0.3) is 0 Å². The van der Waals surface area contributed by atoms with Gasteiger partial charge in [0.1, 0.15) is 0 Å². The van der Waals surface area contributed by atoms with E-state index < -0.39 is 23.3 Å². The molecule has 0 aromatic rings. The summed E-state index contributed by atoms with van der Waals surface area (Å²) in [4.78, 5) is 23.5. The highest BCUT2D eigenvalue weighted by molar-refractivity contribution is 5.85. The summed E-state index contributed by atoms with van der Waals surface area (Å²) in [6.07, 6.45) is 4.22. The van der Waals surface area contributed by atoms with E-state index in [0.717, 1.165) is 12.8 Å². The molecule has 1 saturated carbocycles. The van der Waals surface area contributed by atoms with E-state index in [4.69, 9.17) is 0 Å². The van der Waals surface area contributed by atoms with E-state index in [1.54, 1.807) is 0 Å². The lowest BCUT2D eigenvalue weighted by Gasteiger charge is -2.35. The first kappa shape index (κ1) is 16.0. The van der Waals surface area contributed by atoms with Gasteiger partial charge in [0, 0.05) is 0 Å². The molecular weight excluding hydrogens is 246 g/mol. The van der Waals surface area contributed by atoms with Gasteiger partial charge in [-0.05, 0) is 25.7 Å². The smallest absolute Gasteiger partial charge is 0.307 e. The Hall–Kier alpha value is -1.10. The Labute approximate surface area is 114 Å². The topological polar surface area (TPSA) is 86.6 Å². The first-order valence-corrected chi connectivity index (χ1v) is 7.15. The van der Waals surface area contributed by atoms with Gasteiger partial charge in [-0.1, -0.05) is 26.7 Å². The van der Waals surface area contributed by atoms with E-state index in [2.05, 4.69) is 5.32 Å². The van der Waals surface area contributed by atoms with Gasteiger partial charge in [0.05, 0.1) is 24.0 Å². The predicted molar refractivity (Wildman–Crippen MR) is 71.6 cm³/mol. The number of carbonyl (C=O) groups excluding carboxylic acids is 1. The zero-order chi connectivity index (χ0) is 14.5. The third kappa shape index (κ3) is 3.69. The van der Waals surface area contributed by atoms with Crippen LogP contribution in [0.4, 0.5) is 0 Å². The van der Waals surface area contributed by atoms with Crippen LogP contribution in [0.2, 0.25) is 0 Å². The second-order valence-electron chi connectivity index (χ2n) is 5.47. The molecule has 5 nitrogen and oxygen atoms in total. The van der Waals surface area contributed by atoms with Crippen molar-refractivity contribution in [2.24, 2.45) is 11.8 Å². The molecule has 0 aromatic carbocycles. The van der Waals surface area contributed by atoms with Crippen molar-refractivity contribution in [2.75, 3.05) is 6.61 Å². The molecule has 0 aromatic heterocycles. The maximum absolute atomic E-state index is 12.3. The van der Waals surface area contributed by atoms with Crippen molar-refractivity contribution in [1.29, 1.82) is 0 Å². The zero-order valence-electron chi connectivity index (χ0n) is 11.8. The summed E-state index contributed by atoms with van der Waals surface area (Å²) < 4.78 is 0. The minimum Gasteiger partial charge on any atom is -0.481 e. The molecule has 1 aliphatic rings. The van der Waals surface area contributed by atoms with E-state index in [1.807, 2.05) is 13.8 Å². The summed E-state index contributed by atoms with van der Waals surface area (Å²) in [5.74, 6) is -2.15. The van der Waals surface area contributed by atoms with Gasteiger partial charge in [-0.3, -0.25) is 9.59 Å². The summed E-state index contributed by atoms with van der Waals surface area (Å²) >= 11 is 0. The number of aliphatic carboxylic acids is 1. The number of rotatable bonds is 6. The summed E-state index contributed by atoms with van der Waals surface area (Å²) in [5.41, 5.74) is -0.614. The molecule has 2 atom stereocenters. The summed E-state index contributed by atoms with van der Waals surface area (Å²) in [6.45, 7) is 3.71. The fourth-order valence-corrected chi connectivity index (χ4v) is 2.78. The Morgan fingerprint density at radius 1 is 1.16 bits per heavy atom. The van der Waals surface area contributed by atoms with Crippen LogP contribution in [0, 0.1) is 11.8 Å². The van der Waals surface area contributed by atoms with Gasteiger partial charge in [-0.15, -0.1) is 0 Å². The molecule has 0 saturated heterocycles. The van der Waals surface area contributed by atoms with Crippen molar-refractivity contribution in [2.45, 2.75) is 57.9 Å². The monoisotopic (exact) mass is 271 g/mol. The average molecular weight is 271 g/mol. The van der Waals surface area contributed by atoms with Gasteiger partial charge >= 0.3 is 5.97 Å². The number of amides is 1. The van der Waals surface area contributed by atoms with Gasteiger partial charge in [0.2, 0.25) is 5.91 Å². The van der Waals surface area contributed by atoms with E-state index >= 15 is 0 Å². The van der Waals surface area contributed by atoms with Crippen LogP contribution in [0.25, 0.3) is 0 Å². The molecule has 0 spiro atoms. The largest absolute Gasteiger partial charge is 0.481 e. The first-order valence-electron chi connectivity index (χ1n) is 7.15. The lowest BCUT2D eigenvalue weighted by atomic mass is 9.78. The average Bonchev–Trinajstić information content (AvgIpc) is 2.44. The Morgan fingerprint density at radius 3 is 2.11 bits per heavy atom. The van der Waals surface area contributed by atoms with Crippen LogP contribution in [0.3, 0.4) is 0 Å². The zero-order valence-corrected chi connectivity index (χ0v) is 11.8. The van der Waals surface area contributed by atoms with E-state index in [0.29, 0.717) is 25.7 Å². The van der Waals surface area contributed by atoms with Crippen LogP contribution >= 0.6 is 0 Å². The number of aliphatic hydroxyl groups excluding tert-OH is 1. The normalized spacial score (nSPS) is 23.9. The number of aliphatic hydroxyl groups is 1. The molecule has 0 heterocycles. The lowest BCUT2D eigenvalue weighted by molar-refractivity contribution is -0.149.